The number of H-pyrrole nitrogens is 1. The number of aromatic nitrogens is 4. The molecule has 0 bridgehead atoms. The van der Waals surface area contributed by atoms with E-state index in [0.717, 1.165) is 5.52 Å². The summed E-state index contributed by atoms with van der Waals surface area (Å²) in [6, 6.07) is 14.8. The minimum atomic E-state index is -0.499. The minimum absolute atomic E-state index is 0.162. The van der Waals surface area contributed by atoms with E-state index in [1.165, 1.54) is 12.1 Å². The molecule has 0 spiro atoms. The molecule has 4 heterocycles. The number of pyridine rings is 1. The summed E-state index contributed by atoms with van der Waals surface area (Å²) < 4.78 is 16.0. The van der Waals surface area contributed by atoms with Crippen molar-refractivity contribution in [2.24, 2.45) is 0 Å². The summed E-state index contributed by atoms with van der Waals surface area (Å²) in [4.78, 5) is 40.1. The van der Waals surface area contributed by atoms with E-state index in [1.54, 1.807) is 40.0 Å². The Morgan fingerprint density at radius 2 is 2.00 bits per heavy atom. The van der Waals surface area contributed by atoms with Gasteiger partial charge in [0.2, 0.25) is 0 Å². The number of fused-ring (bicyclic) bond motifs is 2. The van der Waals surface area contributed by atoms with Crippen molar-refractivity contribution >= 4 is 40.0 Å². The zero-order valence-corrected chi connectivity index (χ0v) is 20.3. The van der Waals surface area contributed by atoms with Gasteiger partial charge in [-0.3, -0.25) is 9.59 Å². The normalized spacial score (nSPS) is 17.8. The van der Waals surface area contributed by atoms with Crippen molar-refractivity contribution in [3.05, 3.63) is 101 Å². The summed E-state index contributed by atoms with van der Waals surface area (Å²) >= 11 is 6.15. The van der Waals surface area contributed by atoms with E-state index in [9.17, 15) is 14.0 Å². The number of hydrogen-bond acceptors (Lipinski definition) is 4. The van der Waals surface area contributed by atoms with Crippen molar-refractivity contribution in [2.75, 3.05) is 13.1 Å². The van der Waals surface area contributed by atoms with Crippen LogP contribution in [0.3, 0.4) is 0 Å². The van der Waals surface area contributed by atoms with Crippen LogP contribution in [0.1, 0.15) is 38.9 Å². The van der Waals surface area contributed by atoms with Gasteiger partial charge in [0.15, 0.2) is 5.82 Å². The Bertz CT molecular complexity index is 1590. The molecular formula is C27H22ClFN6O2. The van der Waals surface area contributed by atoms with E-state index in [4.69, 9.17) is 11.6 Å². The molecule has 0 saturated carbocycles. The first-order valence-corrected chi connectivity index (χ1v) is 12.3. The average Bonchev–Trinajstić information content (AvgIpc) is 3.55. The summed E-state index contributed by atoms with van der Waals surface area (Å²) in [5.41, 5.74) is 3.32. The first-order valence-electron chi connectivity index (χ1n) is 11.9. The second-order valence-corrected chi connectivity index (χ2v) is 9.58. The molecular weight excluding hydrogens is 495 g/mol. The van der Waals surface area contributed by atoms with Crippen molar-refractivity contribution in [3.63, 3.8) is 0 Å². The molecule has 8 nitrogen and oxygen atoms in total. The molecule has 2 aromatic carbocycles. The summed E-state index contributed by atoms with van der Waals surface area (Å²) in [5.74, 6) is -1.09. The number of amides is 2. The average molecular weight is 517 g/mol. The van der Waals surface area contributed by atoms with Crippen LogP contribution in [0.2, 0.25) is 5.02 Å². The third-order valence-electron chi connectivity index (χ3n) is 6.82. The third-order valence-corrected chi connectivity index (χ3v) is 7.03. The van der Waals surface area contributed by atoms with Crippen LogP contribution in [0.15, 0.2) is 73.3 Å². The molecule has 0 unspecified atom stereocenters. The number of hydrogen-bond donors (Lipinski definition) is 2. The number of benzene rings is 2. The summed E-state index contributed by atoms with van der Waals surface area (Å²) in [6.45, 7) is 0.669. The van der Waals surface area contributed by atoms with Crippen LogP contribution in [0.25, 0.3) is 16.6 Å². The quantitative estimate of drug-likeness (QED) is 0.369. The summed E-state index contributed by atoms with van der Waals surface area (Å²) in [7, 11) is 0. The second kappa shape index (κ2) is 9.33. The lowest BCUT2D eigenvalue weighted by Gasteiger charge is -2.39. The predicted octanol–water partition coefficient (Wildman–Crippen LogP) is 4.43. The van der Waals surface area contributed by atoms with E-state index in [-0.39, 0.29) is 29.2 Å². The Morgan fingerprint density at radius 3 is 2.84 bits per heavy atom. The van der Waals surface area contributed by atoms with Gasteiger partial charge >= 0.3 is 0 Å². The maximum atomic E-state index is 14.2. The Morgan fingerprint density at radius 1 is 1.14 bits per heavy atom. The van der Waals surface area contributed by atoms with Crippen molar-refractivity contribution < 1.29 is 14.0 Å². The number of nitrogens with one attached hydrogen (secondary N) is 2. The highest BCUT2D eigenvalue weighted by atomic mass is 35.5. The molecule has 2 atom stereocenters. The standard InChI is InChI=1S/C27H22ClFN6O2/c28-17-10-16(11-18(29)12-17)19-7-9-34(27(37)20-4-3-8-35-15-30-13-24(20)35)14-23(19)33-26(36)25-31-21-5-1-2-6-22(21)32-25/h1-6,8,10-13,15,19,23H,7,9,14H2,(H,31,32)(H,33,36)/t19-,23+/m0/s1. The molecule has 1 fully saturated rings. The molecule has 37 heavy (non-hydrogen) atoms. The van der Waals surface area contributed by atoms with E-state index < -0.39 is 17.8 Å². The third kappa shape index (κ3) is 4.42. The molecule has 10 heteroatoms. The number of likely N-dealkylation sites (tertiary alicyclic amines) is 1. The number of halogens is 2. The fraction of sp³-hybridized carbons (Fsp3) is 0.185. The van der Waals surface area contributed by atoms with Gasteiger partial charge in [-0.05, 0) is 54.4 Å². The van der Waals surface area contributed by atoms with Crippen LogP contribution < -0.4 is 5.32 Å². The lowest BCUT2D eigenvalue weighted by Crippen LogP contribution is -2.53. The highest BCUT2D eigenvalue weighted by Crippen LogP contribution is 2.32. The number of rotatable bonds is 4. The largest absolute Gasteiger partial charge is 0.344 e. The molecule has 3 aromatic heterocycles. The molecule has 6 rings (SSSR count). The lowest BCUT2D eigenvalue weighted by molar-refractivity contribution is 0.0655. The van der Waals surface area contributed by atoms with Gasteiger partial charge in [-0.2, -0.15) is 0 Å². The number of aromatic amines is 1. The summed E-state index contributed by atoms with van der Waals surface area (Å²) in [6.07, 6.45) is 5.63. The Balaban J connectivity index is 1.31. The van der Waals surface area contributed by atoms with Gasteiger partial charge in [0.05, 0.1) is 40.7 Å². The van der Waals surface area contributed by atoms with E-state index in [0.29, 0.717) is 35.1 Å². The molecule has 2 amide bonds. The van der Waals surface area contributed by atoms with Gasteiger partial charge < -0.3 is 19.6 Å². The van der Waals surface area contributed by atoms with Crippen LogP contribution in [-0.4, -0.2) is 55.2 Å². The van der Waals surface area contributed by atoms with Gasteiger partial charge in [0.25, 0.3) is 11.8 Å². The maximum Gasteiger partial charge on any atom is 0.287 e. The van der Waals surface area contributed by atoms with Crippen LogP contribution in [0, 0.1) is 5.82 Å². The zero-order chi connectivity index (χ0) is 25.5. The number of carbonyl (C=O) groups is 2. The topological polar surface area (TPSA) is 95.4 Å². The molecule has 0 radical (unpaired) electrons. The number of piperidine rings is 1. The molecule has 1 saturated heterocycles. The van der Waals surface area contributed by atoms with Gasteiger partial charge in [-0.25, -0.2) is 14.4 Å². The van der Waals surface area contributed by atoms with Crippen LogP contribution >= 0.6 is 11.6 Å². The van der Waals surface area contributed by atoms with Gasteiger partial charge in [0.1, 0.15) is 5.82 Å². The lowest BCUT2D eigenvalue weighted by atomic mass is 9.84. The zero-order valence-electron chi connectivity index (χ0n) is 19.6. The molecule has 5 aromatic rings. The fourth-order valence-electron chi connectivity index (χ4n) is 5.07. The number of nitrogens with zero attached hydrogens (tertiary/aromatic N) is 4. The molecule has 0 aliphatic carbocycles. The fourth-order valence-corrected chi connectivity index (χ4v) is 5.30. The summed E-state index contributed by atoms with van der Waals surface area (Å²) in [5, 5.41) is 3.32. The van der Waals surface area contributed by atoms with Crippen LogP contribution in [0.4, 0.5) is 4.39 Å². The van der Waals surface area contributed by atoms with Crippen LogP contribution in [0.5, 0.6) is 0 Å². The van der Waals surface area contributed by atoms with Gasteiger partial charge in [0, 0.05) is 30.2 Å². The Kier molecular flexibility index (Phi) is 5.84. The maximum absolute atomic E-state index is 14.2. The first-order chi connectivity index (χ1) is 18.0. The Hall–Kier alpha value is -4.24. The molecule has 1 aliphatic rings. The predicted molar refractivity (Wildman–Crippen MR) is 137 cm³/mol. The van der Waals surface area contributed by atoms with Crippen molar-refractivity contribution in [1.82, 2.24) is 29.6 Å². The highest BCUT2D eigenvalue weighted by molar-refractivity contribution is 6.30. The van der Waals surface area contributed by atoms with E-state index in [2.05, 4.69) is 20.3 Å². The SMILES string of the molecule is O=C(N[C@@H]1CN(C(=O)c2cccn3cncc23)CC[C@H]1c1cc(F)cc(Cl)c1)c1nc2ccccc2[nH]1. The number of para-hydroxylation sites is 2. The molecule has 2 N–H and O–H groups in total. The number of carbonyl (C=O) groups excluding carboxylic acids is 2. The first kappa shape index (κ1) is 23.2. The van der Waals surface area contributed by atoms with Crippen molar-refractivity contribution in [1.29, 1.82) is 0 Å². The highest BCUT2D eigenvalue weighted by Gasteiger charge is 2.35. The monoisotopic (exact) mass is 516 g/mol. The molecule has 186 valence electrons. The van der Waals surface area contributed by atoms with E-state index in [1.807, 2.05) is 30.5 Å². The van der Waals surface area contributed by atoms with Crippen molar-refractivity contribution in [2.45, 2.75) is 18.4 Å². The Labute approximate surface area is 216 Å². The van der Waals surface area contributed by atoms with E-state index >= 15 is 0 Å². The second-order valence-electron chi connectivity index (χ2n) is 9.14. The minimum Gasteiger partial charge on any atom is -0.344 e. The van der Waals surface area contributed by atoms with Crippen molar-refractivity contribution in [3.8, 4) is 0 Å². The number of imidazole rings is 2. The smallest absolute Gasteiger partial charge is 0.287 e. The van der Waals surface area contributed by atoms with Gasteiger partial charge in [-0.15, -0.1) is 0 Å². The van der Waals surface area contributed by atoms with Crippen LogP contribution in [-0.2, 0) is 0 Å². The molecule has 1 aliphatic heterocycles. The van der Waals surface area contributed by atoms with Gasteiger partial charge in [-0.1, -0.05) is 23.7 Å².